The fourth-order valence-corrected chi connectivity index (χ4v) is 2.49. The second kappa shape index (κ2) is 5.78. The Hall–Kier alpha value is -0.863. The molecule has 0 radical (unpaired) electrons. The van der Waals surface area contributed by atoms with Crippen LogP contribution in [0, 0.1) is 0 Å². The van der Waals surface area contributed by atoms with Crippen LogP contribution in [0.25, 0.3) is 0 Å². The lowest BCUT2D eigenvalue weighted by Crippen LogP contribution is -2.14. The fraction of sp³-hybridized carbons (Fsp3) is 0.333. The summed E-state index contributed by atoms with van der Waals surface area (Å²) in [5, 5.41) is 0. The number of hydrogen-bond acceptors (Lipinski definition) is 1. The van der Waals surface area contributed by atoms with Crippen LogP contribution in [0.15, 0.2) is 43.0 Å². The van der Waals surface area contributed by atoms with E-state index in [0.29, 0.717) is 11.6 Å². The van der Waals surface area contributed by atoms with Crippen molar-refractivity contribution in [1.29, 1.82) is 0 Å². The van der Waals surface area contributed by atoms with Gasteiger partial charge < -0.3 is 4.43 Å². The third-order valence-electron chi connectivity index (χ3n) is 2.12. The number of benzene rings is 1. The zero-order chi connectivity index (χ0) is 10.4. The first-order valence-electron chi connectivity index (χ1n) is 5.03. The minimum atomic E-state index is -0.539. The minimum absolute atomic E-state index is 0.341. The molecule has 1 unspecified atom stereocenters. The summed E-state index contributed by atoms with van der Waals surface area (Å²) in [5.74, 6) is 0. The molecule has 2 heteroatoms. The van der Waals surface area contributed by atoms with Gasteiger partial charge in [-0.15, -0.1) is 6.58 Å². The lowest BCUT2D eigenvalue weighted by molar-refractivity contribution is 0.253. The highest BCUT2D eigenvalue weighted by molar-refractivity contribution is 6.30. The van der Waals surface area contributed by atoms with E-state index in [1.54, 1.807) is 0 Å². The van der Waals surface area contributed by atoms with Crippen LogP contribution in [0.3, 0.4) is 0 Å². The molecule has 0 aliphatic carbocycles. The molecule has 0 aliphatic rings. The van der Waals surface area contributed by atoms with Gasteiger partial charge in [-0.1, -0.05) is 36.4 Å². The van der Waals surface area contributed by atoms with Gasteiger partial charge in [-0.3, -0.25) is 0 Å². The van der Waals surface area contributed by atoms with Crippen molar-refractivity contribution in [3.05, 3.63) is 48.6 Å². The van der Waals surface area contributed by atoms with Crippen LogP contribution in [0.4, 0.5) is 0 Å². The van der Waals surface area contributed by atoms with Crippen LogP contribution < -0.4 is 0 Å². The van der Waals surface area contributed by atoms with Gasteiger partial charge in [0.1, 0.15) is 0 Å². The van der Waals surface area contributed by atoms with Gasteiger partial charge >= 0.3 is 0 Å². The van der Waals surface area contributed by atoms with Crippen molar-refractivity contribution in [2.24, 2.45) is 0 Å². The molecule has 0 saturated heterocycles. The summed E-state index contributed by atoms with van der Waals surface area (Å²) in [6, 6.07) is 10.5. The van der Waals surface area contributed by atoms with Gasteiger partial charge in [-0.2, -0.15) is 0 Å². The number of rotatable bonds is 5. The summed E-state index contributed by atoms with van der Waals surface area (Å²) in [6.45, 7) is 8.03. The van der Waals surface area contributed by atoms with E-state index in [1.807, 2.05) is 12.1 Å². The molecule has 1 rings (SSSR count). The quantitative estimate of drug-likeness (QED) is 0.531. The molecule has 0 N–H and O–H groups in total. The normalized spacial score (nSPS) is 13.6. The van der Waals surface area contributed by atoms with Gasteiger partial charge in [0.2, 0.25) is 0 Å². The molecule has 0 spiro atoms. The van der Waals surface area contributed by atoms with E-state index in [-0.39, 0.29) is 0 Å². The highest BCUT2D eigenvalue weighted by atomic mass is 28.2. The maximum absolute atomic E-state index is 5.72. The lowest BCUT2D eigenvalue weighted by atomic mass is 10.1. The predicted octanol–water partition coefficient (Wildman–Crippen LogP) is 2.42. The Bertz CT molecular complexity index is 269. The zero-order valence-corrected chi connectivity index (χ0v) is 10.4. The third kappa shape index (κ3) is 3.48. The molecule has 0 amide bonds. The van der Waals surface area contributed by atoms with Gasteiger partial charge in [0, 0.05) is 11.6 Å². The minimum Gasteiger partial charge on any atom is -0.421 e. The van der Waals surface area contributed by atoms with Crippen molar-refractivity contribution < 1.29 is 4.43 Å². The Morgan fingerprint density at radius 3 is 2.43 bits per heavy atom. The Morgan fingerprint density at radius 1 is 1.29 bits per heavy atom. The molecular formula is C12H18OSi. The smallest absolute Gasteiger partial charge is 0.173 e. The summed E-state index contributed by atoms with van der Waals surface area (Å²) >= 11 is 0. The second-order valence-electron chi connectivity index (χ2n) is 3.63. The van der Waals surface area contributed by atoms with Gasteiger partial charge in [-0.05, 0) is 19.4 Å². The monoisotopic (exact) mass is 206 g/mol. The van der Waals surface area contributed by atoms with E-state index in [2.05, 4.69) is 44.7 Å². The van der Waals surface area contributed by atoms with E-state index < -0.39 is 9.76 Å². The summed E-state index contributed by atoms with van der Waals surface area (Å²) < 4.78 is 5.72. The Labute approximate surface area is 88.7 Å². The van der Waals surface area contributed by atoms with Crippen LogP contribution in [0.5, 0.6) is 0 Å². The van der Waals surface area contributed by atoms with E-state index in [9.17, 15) is 0 Å². The van der Waals surface area contributed by atoms with Crippen LogP contribution in [-0.2, 0) is 4.43 Å². The highest BCUT2D eigenvalue weighted by Crippen LogP contribution is 2.15. The molecule has 1 aromatic carbocycles. The van der Waals surface area contributed by atoms with E-state index in [4.69, 9.17) is 4.43 Å². The molecule has 1 nitrogen and oxygen atoms in total. The Balaban J connectivity index is 2.59. The van der Waals surface area contributed by atoms with Crippen molar-refractivity contribution in [3.63, 3.8) is 0 Å². The van der Waals surface area contributed by atoms with E-state index in [0.717, 1.165) is 0 Å². The van der Waals surface area contributed by atoms with E-state index in [1.165, 1.54) is 5.56 Å². The van der Waals surface area contributed by atoms with Crippen LogP contribution >= 0.6 is 0 Å². The first kappa shape index (κ1) is 11.2. The summed E-state index contributed by atoms with van der Waals surface area (Å²) in [6.07, 6.45) is 2.34. The average molecular weight is 206 g/mol. The Kier molecular flexibility index (Phi) is 4.63. The molecule has 0 heterocycles. The molecule has 14 heavy (non-hydrogen) atoms. The zero-order valence-electron chi connectivity index (χ0n) is 8.94. The first-order chi connectivity index (χ1) is 6.74. The molecule has 0 aliphatic heterocycles. The Morgan fingerprint density at radius 2 is 1.93 bits per heavy atom. The van der Waals surface area contributed by atoms with Gasteiger partial charge in [0.25, 0.3) is 0 Å². The van der Waals surface area contributed by atoms with Gasteiger partial charge in [0.05, 0.1) is 0 Å². The van der Waals surface area contributed by atoms with Crippen molar-refractivity contribution in [2.45, 2.75) is 25.5 Å². The molecule has 0 bridgehead atoms. The van der Waals surface area contributed by atoms with Gasteiger partial charge in [-0.25, -0.2) is 0 Å². The van der Waals surface area contributed by atoms with Crippen molar-refractivity contribution in [3.8, 4) is 0 Å². The third-order valence-corrected chi connectivity index (χ3v) is 4.14. The molecule has 76 valence electrons. The molecule has 1 aromatic rings. The summed E-state index contributed by atoms with van der Waals surface area (Å²) in [5.41, 5.74) is 1.77. The number of allylic oxidation sites excluding steroid dienone is 1. The maximum Gasteiger partial charge on any atom is 0.173 e. The fourth-order valence-electron chi connectivity index (χ4n) is 1.30. The highest BCUT2D eigenvalue weighted by Gasteiger charge is 2.08. The number of hydrogen-bond donors (Lipinski definition) is 0. The topological polar surface area (TPSA) is 9.23 Å². The predicted molar refractivity (Wildman–Crippen MR) is 64.1 cm³/mol. The molecule has 1 atom stereocenters. The first-order valence-corrected chi connectivity index (χ1v) is 6.42. The van der Waals surface area contributed by atoms with Crippen LogP contribution in [0.1, 0.15) is 25.0 Å². The van der Waals surface area contributed by atoms with Crippen LogP contribution in [0.2, 0.25) is 0 Å². The van der Waals surface area contributed by atoms with Gasteiger partial charge in [0.15, 0.2) is 9.76 Å². The van der Waals surface area contributed by atoms with Crippen molar-refractivity contribution in [1.82, 2.24) is 0 Å². The molecule has 0 aromatic heterocycles. The van der Waals surface area contributed by atoms with Crippen molar-refractivity contribution >= 4 is 9.76 Å². The van der Waals surface area contributed by atoms with Crippen molar-refractivity contribution in [2.75, 3.05) is 0 Å². The second-order valence-corrected chi connectivity index (χ2v) is 5.18. The SMILES string of the molecule is C=CC([SiH2]OC(C)C)c1ccccc1. The summed E-state index contributed by atoms with van der Waals surface area (Å²) in [4.78, 5) is 0. The lowest BCUT2D eigenvalue weighted by Gasteiger charge is -2.14. The summed E-state index contributed by atoms with van der Waals surface area (Å²) in [7, 11) is -0.539. The molecular weight excluding hydrogens is 188 g/mol. The molecule has 0 fully saturated rings. The standard InChI is InChI=1S/C12H18OSi/c1-4-12(14-13-10(2)3)11-8-6-5-7-9-11/h4-10,12H,1,14H2,2-3H3. The maximum atomic E-state index is 5.72. The van der Waals surface area contributed by atoms with E-state index >= 15 is 0 Å². The average Bonchev–Trinajstić information content (AvgIpc) is 2.20. The molecule has 0 saturated carbocycles. The van der Waals surface area contributed by atoms with Crippen LogP contribution in [-0.4, -0.2) is 15.9 Å². The largest absolute Gasteiger partial charge is 0.421 e.